The van der Waals surface area contributed by atoms with E-state index in [1.54, 1.807) is 6.92 Å². The molecule has 0 aliphatic heterocycles. The first-order valence-corrected chi connectivity index (χ1v) is 10.4. The van der Waals surface area contributed by atoms with E-state index in [2.05, 4.69) is 6.92 Å². The summed E-state index contributed by atoms with van der Waals surface area (Å²) in [6.07, 6.45) is 1.18. The minimum atomic E-state index is -1.46. The molecule has 6 heteroatoms. The average molecular weight is 400 g/mol. The summed E-state index contributed by atoms with van der Waals surface area (Å²) in [5.74, 6) is -0.413. The number of thioether (sulfide) groups is 1. The van der Waals surface area contributed by atoms with E-state index in [-0.39, 0.29) is 0 Å². The predicted molar refractivity (Wildman–Crippen MR) is 111 cm³/mol. The minimum absolute atomic E-state index is 0.518. The van der Waals surface area contributed by atoms with E-state index in [0.29, 0.717) is 5.75 Å². The molecule has 0 radical (unpaired) electrons. The lowest BCUT2D eigenvalue weighted by atomic mass is 10.0. The lowest BCUT2D eigenvalue weighted by molar-refractivity contribution is -0.144. The van der Waals surface area contributed by atoms with Gasteiger partial charge in [0.05, 0.1) is 13.2 Å². The lowest BCUT2D eigenvalue weighted by Gasteiger charge is -2.40. The first kappa shape index (κ1) is 20.3. The van der Waals surface area contributed by atoms with Crippen LogP contribution in [0.3, 0.4) is 0 Å². The van der Waals surface area contributed by atoms with Crippen LogP contribution < -0.4 is 0 Å². The summed E-state index contributed by atoms with van der Waals surface area (Å²) in [7, 11) is 1.29. The Hall–Kier alpha value is -2.47. The Morgan fingerprint density at radius 1 is 1.11 bits per heavy atom. The highest BCUT2D eigenvalue weighted by Gasteiger charge is 2.50. The van der Waals surface area contributed by atoms with Crippen LogP contribution in [0.5, 0.6) is 0 Å². The average Bonchev–Trinajstić information content (AvgIpc) is 3.03. The van der Waals surface area contributed by atoms with Gasteiger partial charge in [0.1, 0.15) is 0 Å². The van der Waals surface area contributed by atoms with E-state index in [1.165, 1.54) is 23.8 Å². The number of methoxy groups -OCH3 is 1. The molecule has 0 heterocycles. The number of amides is 1. The third-order valence-corrected chi connectivity index (χ3v) is 6.59. The molecule has 1 atom stereocenters. The highest BCUT2D eigenvalue weighted by molar-refractivity contribution is 8.01. The molecule has 0 saturated carbocycles. The maximum Gasteiger partial charge on any atom is 0.411 e. The van der Waals surface area contributed by atoms with Crippen molar-refractivity contribution in [2.75, 3.05) is 12.9 Å². The lowest BCUT2D eigenvalue weighted by Crippen LogP contribution is -2.54. The van der Waals surface area contributed by atoms with Gasteiger partial charge in [-0.25, -0.2) is 9.59 Å². The number of hydrogen-bond donors (Lipinski definition) is 1. The number of unbranched alkanes of at least 4 members (excludes halogenated alkanes) is 1. The van der Waals surface area contributed by atoms with E-state index < -0.39 is 23.0 Å². The molecular formula is C22H25NO4S. The maximum absolute atomic E-state index is 12.9. The molecule has 148 valence electrons. The molecule has 5 nitrogen and oxygen atoms in total. The van der Waals surface area contributed by atoms with Crippen LogP contribution in [0.2, 0.25) is 0 Å². The van der Waals surface area contributed by atoms with Gasteiger partial charge in [-0.15, -0.1) is 11.8 Å². The van der Waals surface area contributed by atoms with Crippen molar-refractivity contribution < 1.29 is 19.4 Å². The number of carboxylic acids is 1. The van der Waals surface area contributed by atoms with Gasteiger partial charge < -0.3 is 9.84 Å². The summed E-state index contributed by atoms with van der Waals surface area (Å²) in [5.41, 5.74) is 3.86. The first-order chi connectivity index (χ1) is 13.5. The van der Waals surface area contributed by atoms with Gasteiger partial charge in [-0.1, -0.05) is 61.9 Å². The largest absolute Gasteiger partial charge is 0.479 e. The van der Waals surface area contributed by atoms with Crippen LogP contribution in [0.4, 0.5) is 4.79 Å². The van der Waals surface area contributed by atoms with Crippen molar-refractivity contribution in [3.63, 3.8) is 0 Å². The van der Waals surface area contributed by atoms with E-state index in [0.717, 1.165) is 35.1 Å². The van der Waals surface area contributed by atoms with Crippen LogP contribution >= 0.6 is 11.8 Å². The first-order valence-electron chi connectivity index (χ1n) is 9.38. The number of aliphatic carboxylic acids is 1. The van der Waals surface area contributed by atoms with Gasteiger partial charge in [0.25, 0.3) is 0 Å². The molecule has 2 aromatic rings. The molecule has 1 aliphatic carbocycles. The molecule has 0 fully saturated rings. The Bertz CT molecular complexity index is 839. The molecule has 1 N–H and O–H groups in total. The van der Waals surface area contributed by atoms with Gasteiger partial charge in [0.15, 0.2) is 4.87 Å². The molecule has 1 unspecified atom stereocenters. The molecule has 28 heavy (non-hydrogen) atoms. The zero-order valence-corrected chi connectivity index (χ0v) is 17.2. The van der Waals surface area contributed by atoms with Crippen LogP contribution in [0.15, 0.2) is 48.5 Å². The Balaban J connectivity index is 2.17. The summed E-state index contributed by atoms with van der Waals surface area (Å²) in [4.78, 5) is 25.2. The molecule has 1 aliphatic rings. The van der Waals surface area contributed by atoms with Crippen molar-refractivity contribution in [3.05, 3.63) is 59.7 Å². The smallest absolute Gasteiger partial charge is 0.411 e. The Kier molecular flexibility index (Phi) is 5.98. The number of hydrogen-bond acceptors (Lipinski definition) is 4. The number of benzene rings is 2. The van der Waals surface area contributed by atoms with Gasteiger partial charge in [-0.2, -0.15) is 0 Å². The Labute approximate surface area is 169 Å². The number of ether oxygens (including phenoxy) is 1. The third-order valence-electron chi connectivity index (χ3n) is 5.17. The number of fused-ring (bicyclic) bond motifs is 3. The molecule has 0 saturated heterocycles. The van der Waals surface area contributed by atoms with Crippen molar-refractivity contribution in [2.45, 2.75) is 37.6 Å². The van der Waals surface area contributed by atoms with Crippen LogP contribution in [-0.2, 0) is 9.53 Å². The van der Waals surface area contributed by atoms with Gasteiger partial charge in [0, 0.05) is 0 Å². The molecule has 2 aromatic carbocycles. The highest BCUT2D eigenvalue weighted by Crippen LogP contribution is 2.50. The molecule has 0 spiro atoms. The molecular weight excluding hydrogens is 374 g/mol. The van der Waals surface area contributed by atoms with Crippen LogP contribution in [-0.4, -0.2) is 39.8 Å². The summed E-state index contributed by atoms with van der Waals surface area (Å²) in [5, 5.41) is 10.1. The van der Waals surface area contributed by atoms with Crippen molar-refractivity contribution >= 4 is 23.8 Å². The van der Waals surface area contributed by atoms with Gasteiger partial charge >= 0.3 is 12.1 Å². The molecule has 1 amide bonds. The number of nitrogens with zero attached hydrogens (tertiary/aromatic N) is 1. The fraction of sp³-hybridized carbons (Fsp3) is 0.364. The topological polar surface area (TPSA) is 66.8 Å². The van der Waals surface area contributed by atoms with E-state index >= 15 is 0 Å². The monoisotopic (exact) mass is 399 g/mol. The fourth-order valence-corrected chi connectivity index (χ4v) is 4.95. The molecule has 0 aromatic heterocycles. The van der Waals surface area contributed by atoms with Crippen LogP contribution in [0, 0.1) is 0 Å². The Morgan fingerprint density at radius 2 is 1.64 bits per heavy atom. The molecule has 3 rings (SSSR count). The van der Waals surface area contributed by atoms with Crippen molar-refractivity contribution in [2.24, 2.45) is 0 Å². The van der Waals surface area contributed by atoms with Crippen molar-refractivity contribution in [1.29, 1.82) is 0 Å². The van der Waals surface area contributed by atoms with E-state index in [9.17, 15) is 14.7 Å². The maximum atomic E-state index is 12.9. The zero-order chi connectivity index (χ0) is 20.3. The SMILES string of the molecule is CCCCSC(C)(C(=O)O)N(C(=O)OC)C1c2ccccc2-c2ccccc21. The number of carbonyl (C=O) groups excluding carboxylic acids is 1. The summed E-state index contributed by atoms with van der Waals surface area (Å²) in [6, 6.07) is 15.1. The van der Waals surface area contributed by atoms with Crippen LogP contribution in [0.1, 0.15) is 43.9 Å². The number of carbonyl (C=O) groups is 2. The van der Waals surface area contributed by atoms with E-state index in [1.807, 2.05) is 48.5 Å². The zero-order valence-electron chi connectivity index (χ0n) is 16.3. The van der Waals surface area contributed by atoms with Gasteiger partial charge in [-0.3, -0.25) is 4.90 Å². The standard InChI is InChI=1S/C22H25NO4S/c1-4-5-14-28-22(2,20(24)25)23(21(26)27-3)19-17-12-8-6-10-15(17)16-11-7-9-13-18(16)19/h6-13,19H,4-5,14H2,1-3H3,(H,24,25). The summed E-state index contributed by atoms with van der Waals surface area (Å²) >= 11 is 1.27. The van der Waals surface area contributed by atoms with Crippen LogP contribution in [0.25, 0.3) is 11.1 Å². The van der Waals surface area contributed by atoms with Crippen molar-refractivity contribution in [3.8, 4) is 11.1 Å². The quantitative estimate of drug-likeness (QED) is 0.515. The minimum Gasteiger partial charge on any atom is -0.479 e. The second-order valence-corrected chi connectivity index (χ2v) is 8.40. The second kappa shape index (κ2) is 8.27. The normalized spacial score (nSPS) is 14.7. The fourth-order valence-electron chi connectivity index (χ4n) is 3.68. The third kappa shape index (κ3) is 3.37. The molecule has 0 bridgehead atoms. The predicted octanol–water partition coefficient (Wildman–Crippen LogP) is 5.16. The van der Waals surface area contributed by atoms with Crippen molar-refractivity contribution in [1.82, 2.24) is 4.90 Å². The van der Waals surface area contributed by atoms with E-state index in [4.69, 9.17) is 4.74 Å². The summed E-state index contributed by atoms with van der Waals surface area (Å²) in [6.45, 7) is 3.65. The van der Waals surface area contributed by atoms with Gasteiger partial charge in [-0.05, 0) is 41.4 Å². The highest BCUT2D eigenvalue weighted by atomic mass is 32.2. The summed E-state index contributed by atoms with van der Waals surface area (Å²) < 4.78 is 5.07. The number of carboxylic acid groups (broad SMARTS) is 1. The number of rotatable bonds is 7. The second-order valence-electron chi connectivity index (χ2n) is 6.91. The Morgan fingerprint density at radius 3 is 2.11 bits per heavy atom. The van der Waals surface area contributed by atoms with Gasteiger partial charge in [0.2, 0.25) is 0 Å².